The third kappa shape index (κ3) is 4.18. The van der Waals surface area contributed by atoms with Crippen molar-refractivity contribution in [1.82, 2.24) is 4.57 Å². The topological polar surface area (TPSA) is 86.4 Å². The van der Waals surface area contributed by atoms with Crippen molar-refractivity contribution >= 4 is 11.6 Å². The Morgan fingerprint density at radius 3 is 2.79 bits per heavy atom. The maximum absolute atomic E-state index is 11.9. The Morgan fingerprint density at radius 2 is 2.21 bits per heavy atom. The molecular formula is C13H21N3O3. The average Bonchev–Trinajstić information content (AvgIpc) is 2.39. The lowest BCUT2D eigenvalue weighted by Gasteiger charge is -2.21. The molecule has 0 bridgehead atoms. The first-order valence-electron chi connectivity index (χ1n) is 6.20. The zero-order chi connectivity index (χ0) is 14.5. The van der Waals surface area contributed by atoms with Crippen LogP contribution in [0.2, 0.25) is 0 Å². The van der Waals surface area contributed by atoms with Crippen LogP contribution in [0.4, 0.5) is 5.69 Å². The summed E-state index contributed by atoms with van der Waals surface area (Å²) in [4.78, 5) is 23.5. The summed E-state index contributed by atoms with van der Waals surface area (Å²) < 4.78 is 6.41. The van der Waals surface area contributed by atoms with Gasteiger partial charge in [0, 0.05) is 25.9 Å². The molecule has 1 aromatic rings. The Labute approximate surface area is 112 Å². The quantitative estimate of drug-likeness (QED) is 0.788. The highest BCUT2D eigenvalue weighted by Crippen LogP contribution is 2.10. The second-order valence-electron chi connectivity index (χ2n) is 4.67. The van der Waals surface area contributed by atoms with Crippen LogP contribution in [0.25, 0.3) is 0 Å². The molecule has 0 aliphatic rings. The summed E-state index contributed by atoms with van der Waals surface area (Å²) in [6.07, 6.45) is 2.12. The molecule has 1 heterocycles. The van der Waals surface area contributed by atoms with Crippen LogP contribution in [0.3, 0.4) is 0 Å². The molecule has 19 heavy (non-hydrogen) atoms. The minimum Gasteiger partial charge on any atom is -0.383 e. The van der Waals surface area contributed by atoms with Crippen LogP contribution in [-0.4, -0.2) is 29.7 Å². The molecule has 0 spiro atoms. The predicted molar refractivity (Wildman–Crippen MR) is 74.1 cm³/mol. The molecule has 3 N–H and O–H groups in total. The molecule has 1 rings (SSSR count). The van der Waals surface area contributed by atoms with Crippen molar-refractivity contribution in [2.24, 2.45) is 5.73 Å². The van der Waals surface area contributed by atoms with Gasteiger partial charge in [-0.05, 0) is 19.4 Å². The third-order valence-electron chi connectivity index (χ3n) is 3.03. The second kappa shape index (κ2) is 6.49. The first kappa shape index (κ1) is 15.4. The molecule has 6 heteroatoms. The molecule has 1 atom stereocenters. The van der Waals surface area contributed by atoms with Gasteiger partial charge in [0.2, 0.25) is 5.91 Å². The summed E-state index contributed by atoms with van der Waals surface area (Å²) in [6, 6.07) is 2.97. The van der Waals surface area contributed by atoms with E-state index in [1.54, 1.807) is 26.3 Å². The summed E-state index contributed by atoms with van der Waals surface area (Å²) in [6.45, 7) is 4.38. The lowest BCUT2D eigenvalue weighted by atomic mass is 9.99. The van der Waals surface area contributed by atoms with E-state index in [-0.39, 0.29) is 11.5 Å². The number of carbonyl (C=O) groups is 1. The van der Waals surface area contributed by atoms with Crippen molar-refractivity contribution in [3.05, 3.63) is 28.7 Å². The van der Waals surface area contributed by atoms with Crippen LogP contribution in [0, 0.1) is 0 Å². The molecule has 0 aliphatic heterocycles. The normalized spacial score (nSPS) is 13.9. The maximum atomic E-state index is 11.9. The van der Waals surface area contributed by atoms with Crippen molar-refractivity contribution in [2.75, 3.05) is 19.0 Å². The molecule has 0 radical (unpaired) electrons. The number of anilines is 1. The number of amides is 1. The summed E-state index contributed by atoms with van der Waals surface area (Å²) >= 11 is 0. The Morgan fingerprint density at radius 1 is 1.53 bits per heavy atom. The number of ether oxygens (including phenoxy) is 1. The smallest absolute Gasteiger partial charge is 0.250 e. The van der Waals surface area contributed by atoms with E-state index in [4.69, 9.17) is 10.5 Å². The van der Waals surface area contributed by atoms with Gasteiger partial charge in [0.15, 0.2) is 0 Å². The summed E-state index contributed by atoms with van der Waals surface area (Å²) in [5.41, 5.74) is 5.34. The molecule has 0 saturated carbocycles. The lowest BCUT2D eigenvalue weighted by molar-refractivity contribution is -0.120. The van der Waals surface area contributed by atoms with Crippen LogP contribution < -0.4 is 16.6 Å². The van der Waals surface area contributed by atoms with Gasteiger partial charge < -0.3 is 20.4 Å². The van der Waals surface area contributed by atoms with Gasteiger partial charge >= 0.3 is 0 Å². The number of nitrogens with zero attached hydrogens (tertiary/aromatic N) is 1. The molecule has 6 nitrogen and oxygen atoms in total. The first-order valence-corrected chi connectivity index (χ1v) is 6.20. The summed E-state index contributed by atoms with van der Waals surface area (Å²) in [5.74, 6) is -0.271. The fourth-order valence-corrected chi connectivity index (χ4v) is 1.40. The van der Waals surface area contributed by atoms with Crippen molar-refractivity contribution in [3.8, 4) is 0 Å². The molecule has 1 unspecified atom stereocenters. The van der Waals surface area contributed by atoms with Crippen molar-refractivity contribution in [2.45, 2.75) is 32.4 Å². The van der Waals surface area contributed by atoms with Gasteiger partial charge in [-0.25, -0.2) is 0 Å². The molecule has 0 aliphatic carbocycles. The number of pyridine rings is 1. The number of nitrogens with one attached hydrogen (secondary N) is 1. The van der Waals surface area contributed by atoms with Gasteiger partial charge in [0.25, 0.3) is 5.56 Å². The van der Waals surface area contributed by atoms with Crippen LogP contribution in [0.15, 0.2) is 23.1 Å². The van der Waals surface area contributed by atoms with Gasteiger partial charge in [-0.2, -0.15) is 0 Å². The average molecular weight is 267 g/mol. The van der Waals surface area contributed by atoms with E-state index in [2.05, 4.69) is 5.32 Å². The van der Waals surface area contributed by atoms with Crippen LogP contribution in [0.1, 0.15) is 20.3 Å². The maximum Gasteiger partial charge on any atom is 0.250 e. The van der Waals surface area contributed by atoms with Crippen molar-refractivity contribution in [3.63, 3.8) is 0 Å². The highest BCUT2D eigenvalue weighted by atomic mass is 16.5. The van der Waals surface area contributed by atoms with E-state index in [1.807, 2.05) is 6.92 Å². The molecule has 106 valence electrons. The SMILES string of the molecule is CCC(C)(N)C(=O)Nc1ccc(=O)n(CCOC)c1. The third-order valence-corrected chi connectivity index (χ3v) is 3.03. The van der Waals surface area contributed by atoms with E-state index in [0.717, 1.165) is 0 Å². The highest BCUT2D eigenvalue weighted by Gasteiger charge is 2.25. The van der Waals surface area contributed by atoms with Crippen molar-refractivity contribution in [1.29, 1.82) is 0 Å². The second-order valence-corrected chi connectivity index (χ2v) is 4.67. The standard InChI is InChI=1S/C13H21N3O3/c1-4-13(2,14)12(18)15-10-5-6-11(17)16(9-10)7-8-19-3/h5-6,9H,4,7-8,14H2,1-3H3,(H,15,18). The van der Waals surface area contributed by atoms with Gasteiger partial charge in [0.1, 0.15) is 0 Å². The minimum absolute atomic E-state index is 0.138. The Bertz CT molecular complexity index is 494. The predicted octanol–water partition coefficient (Wildman–Crippen LogP) is 0.561. The number of rotatable bonds is 6. The largest absolute Gasteiger partial charge is 0.383 e. The number of hydrogen-bond donors (Lipinski definition) is 2. The van der Waals surface area contributed by atoms with E-state index < -0.39 is 5.54 Å². The van der Waals surface area contributed by atoms with Gasteiger partial charge in [0.05, 0.1) is 17.8 Å². The van der Waals surface area contributed by atoms with E-state index >= 15 is 0 Å². The van der Waals surface area contributed by atoms with E-state index in [9.17, 15) is 9.59 Å². The lowest BCUT2D eigenvalue weighted by Crippen LogP contribution is -2.47. The molecule has 0 saturated heterocycles. The summed E-state index contributed by atoms with van der Waals surface area (Å²) in [5, 5.41) is 2.71. The highest BCUT2D eigenvalue weighted by molar-refractivity contribution is 5.97. The number of nitrogens with two attached hydrogens (primary N) is 1. The van der Waals surface area contributed by atoms with Crippen LogP contribution in [-0.2, 0) is 16.1 Å². The Balaban J connectivity index is 2.85. The monoisotopic (exact) mass is 267 g/mol. The van der Waals surface area contributed by atoms with E-state index in [1.165, 1.54) is 10.6 Å². The van der Waals surface area contributed by atoms with Gasteiger partial charge in [-0.1, -0.05) is 6.92 Å². The zero-order valence-electron chi connectivity index (χ0n) is 11.6. The molecule has 0 aromatic carbocycles. The number of aromatic nitrogens is 1. The Hall–Kier alpha value is -1.66. The van der Waals surface area contributed by atoms with Crippen molar-refractivity contribution < 1.29 is 9.53 Å². The fraction of sp³-hybridized carbons (Fsp3) is 0.538. The van der Waals surface area contributed by atoms with Gasteiger partial charge in [-0.3, -0.25) is 9.59 Å². The van der Waals surface area contributed by atoms with Crippen LogP contribution >= 0.6 is 0 Å². The first-order chi connectivity index (χ1) is 8.90. The summed E-state index contributed by atoms with van der Waals surface area (Å²) in [7, 11) is 1.57. The van der Waals surface area contributed by atoms with Crippen LogP contribution in [0.5, 0.6) is 0 Å². The molecule has 1 amide bonds. The molecule has 0 fully saturated rings. The van der Waals surface area contributed by atoms with Gasteiger partial charge in [-0.15, -0.1) is 0 Å². The Kier molecular flexibility index (Phi) is 5.26. The molecule has 1 aromatic heterocycles. The minimum atomic E-state index is -0.923. The van der Waals surface area contributed by atoms with E-state index in [0.29, 0.717) is 25.3 Å². The number of methoxy groups -OCH3 is 1. The number of carbonyl (C=O) groups excluding carboxylic acids is 1. The number of hydrogen-bond acceptors (Lipinski definition) is 4. The zero-order valence-corrected chi connectivity index (χ0v) is 11.6. The molecular weight excluding hydrogens is 246 g/mol. The fourth-order valence-electron chi connectivity index (χ4n) is 1.40.